The van der Waals surface area contributed by atoms with E-state index in [1.807, 2.05) is 38.1 Å². The second-order valence-electron chi connectivity index (χ2n) is 13.9. The summed E-state index contributed by atoms with van der Waals surface area (Å²) in [5, 5.41) is 14.9. The molecule has 3 aliphatic carbocycles. The molecule has 1 aromatic rings. The first-order valence-electron chi connectivity index (χ1n) is 15.9. The minimum atomic E-state index is -0.631. The molecule has 4 fully saturated rings. The quantitative estimate of drug-likeness (QED) is 0.134. The van der Waals surface area contributed by atoms with Crippen LogP contribution in [0.25, 0.3) is 0 Å². The van der Waals surface area contributed by atoms with E-state index in [0.29, 0.717) is 44.1 Å². The van der Waals surface area contributed by atoms with Gasteiger partial charge in [0.05, 0.1) is 17.7 Å². The largest absolute Gasteiger partial charge is 0.461 e. The van der Waals surface area contributed by atoms with Crippen molar-refractivity contribution in [1.29, 1.82) is 5.26 Å². The van der Waals surface area contributed by atoms with Crippen molar-refractivity contribution in [3.8, 4) is 6.07 Å². The first-order valence-corrected chi connectivity index (χ1v) is 15.9. The third kappa shape index (κ3) is 7.59. The number of unbranched alkanes of at least 4 members (excludes halogenated alkanes) is 1. The van der Waals surface area contributed by atoms with Gasteiger partial charge in [-0.15, -0.1) is 0 Å². The molecule has 0 radical (unpaired) electrons. The molecule has 9 heteroatoms. The summed E-state index contributed by atoms with van der Waals surface area (Å²) in [6.07, 6.45) is 6.40. The first kappa shape index (κ1) is 32.9. The topological polar surface area (TPSA) is 118 Å². The number of nitrogens with one attached hydrogen (secondary N) is 2. The minimum Gasteiger partial charge on any atom is -0.405 e. The van der Waals surface area contributed by atoms with E-state index < -0.39 is 13.2 Å². The highest BCUT2D eigenvalue weighted by Crippen LogP contribution is 2.66. The van der Waals surface area contributed by atoms with Crippen molar-refractivity contribution in [2.45, 2.75) is 110 Å². The summed E-state index contributed by atoms with van der Waals surface area (Å²) in [4.78, 5) is 38.1. The Morgan fingerprint density at radius 1 is 1.14 bits per heavy atom. The number of hydrogen-bond acceptors (Lipinski definition) is 6. The monoisotopic (exact) mass is 589 g/mol. The molecule has 1 aliphatic heterocycles. The van der Waals surface area contributed by atoms with Gasteiger partial charge in [0, 0.05) is 25.7 Å². The summed E-state index contributed by atoms with van der Waals surface area (Å²) in [7, 11) is -0.490. The number of carbonyl (C=O) groups excluding carboxylic acids is 3. The van der Waals surface area contributed by atoms with Crippen LogP contribution < -0.4 is 10.6 Å². The van der Waals surface area contributed by atoms with Crippen LogP contribution >= 0.6 is 0 Å². The molecule has 1 aromatic carbocycles. The van der Waals surface area contributed by atoms with Gasteiger partial charge in [0.15, 0.2) is 5.78 Å². The number of ketones is 1. The zero-order chi connectivity index (χ0) is 31.4. The third-order valence-electron chi connectivity index (χ3n) is 9.99. The van der Waals surface area contributed by atoms with Crippen LogP contribution in [0.5, 0.6) is 0 Å². The molecule has 1 heterocycles. The maximum Gasteiger partial charge on any atom is 0.461 e. The molecule has 5 rings (SSSR count). The van der Waals surface area contributed by atoms with E-state index in [0.717, 1.165) is 18.4 Å². The number of hydrogen-bond donors (Lipinski definition) is 2. The van der Waals surface area contributed by atoms with E-state index in [1.165, 1.54) is 6.92 Å². The Balaban J connectivity index is 1.39. The Hall–Kier alpha value is -2.96. The van der Waals surface area contributed by atoms with Crippen LogP contribution in [0, 0.1) is 34.5 Å². The fourth-order valence-corrected chi connectivity index (χ4v) is 7.51. The molecule has 2 amide bonds. The standard InChI is InChI=1S/C34H48BN3O5/c1-22(2)16-25(21-36)32(41)37-15-11-10-14-28(38-23(3)39)29(40)20-27(17-24-12-8-7-9-13-24)35-42-31-19-26-18-30(33(26,4)5)34(31,6)43-35/h7-9,12-13,16,22,26-28,30-31H,10-11,14-15,17-20H2,1-6H3,(H,37,41)(H,38,39)/t26-,27+,28-,30-,31+,34-/m0/s1. The number of nitrogens with zero attached hydrogens (tertiary/aromatic N) is 1. The number of benzene rings is 1. The molecule has 1 saturated heterocycles. The van der Waals surface area contributed by atoms with Crippen molar-refractivity contribution in [1.82, 2.24) is 10.6 Å². The molecule has 2 bridgehead atoms. The maximum atomic E-state index is 13.8. The summed E-state index contributed by atoms with van der Waals surface area (Å²) in [5.41, 5.74) is 1.09. The summed E-state index contributed by atoms with van der Waals surface area (Å²) in [6, 6.07) is 11.4. The lowest BCUT2D eigenvalue weighted by Crippen LogP contribution is -2.65. The Morgan fingerprint density at radius 2 is 1.86 bits per heavy atom. The number of amides is 2. The highest BCUT2D eigenvalue weighted by molar-refractivity contribution is 6.48. The molecule has 0 spiro atoms. The zero-order valence-corrected chi connectivity index (χ0v) is 26.7. The molecule has 3 saturated carbocycles. The van der Waals surface area contributed by atoms with Crippen molar-refractivity contribution < 1.29 is 23.7 Å². The zero-order valence-electron chi connectivity index (χ0n) is 26.7. The van der Waals surface area contributed by atoms with Crippen molar-refractivity contribution in [2.75, 3.05) is 6.54 Å². The fraction of sp³-hybridized carbons (Fsp3) is 0.647. The Morgan fingerprint density at radius 3 is 2.49 bits per heavy atom. The minimum absolute atomic E-state index is 0.0286. The van der Waals surface area contributed by atoms with E-state index >= 15 is 0 Å². The number of carbonyl (C=O) groups is 3. The highest BCUT2D eigenvalue weighted by Gasteiger charge is 2.68. The average Bonchev–Trinajstić information content (AvgIpc) is 3.32. The predicted octanol–water partition coefficient (Wildman–Crippen LogP) is 5.18. The van der Waals surface area contributed by atoms with Crippen LogP contribution in [0.2, 0.25) is 5.82 Å². The predicted molar refractivity (Wildman–Crippen MR) is 167 cm³/mol. The Kier molecular flexibility index (Phi) is 10.6. The molecule has 0 aromatic heterocycles. The van der Waals surface area contributed by atoms with Crippen molar-refractivity contribution in [3.63, 3.8) is 0 Å². The van der Waals surface area contributed by atoms with Gasteiger partial charge in [0.1, 0.15) is 11.6 Å². The summed E-state index contributed by atoms with van der Waals surface area (Å²) >= 11 is 0. The van der Waals surface area contributed by atoms with E-state index in [1.54, 1.807) is 6.08 Å². The Labute approximate surface area is 257 Å². The van der Waals surface area contributed by atoms with Gasteiger partial charge >= 0.3 is 7.12 Å². The number of allylic oxidation sites excluding steroid dienone is 1. The van der Waals surface area contributed by atoms with Gasteiger partial charge in [0.2, 0.25) is 5.91 Å². The van der Waals surface area contributed by atoms with Gasteiger partial charge in [-0.3, -0.25) is 14.4 Å². The molecular weight excluding hydrogens is 541 g/mol. The van der Waals surface area contributed by atoms with Crippen LogP contribution in [0.15, 0.2) is 42.0 Å². The molecule has 4 aliphatic rings. The number of nitriles is 1. The number of Topliss-reactive ketones (excluding diaryl/α,β-unsaturated/α-hetero) is 1. The van der Waals surface area contributed by atoms with Crippen molar-refractivity contribution in [2.24, 2.45) is 23.2 Å². The normalized spacial score (nSPS) is 27.0. The summed E-state index contributed by atoms with van der Waals surface area (Å²) in [6.45, 7) is 12.5. The van der Waals surface area contributed by atoms with E-state index in [-0.39, 0.29) is 58.4 Å². The lowest BCUT2D eigenvalue weighted by atomic mass is 9.43. The summed E-state index contributed by atoms with van der Waals surface area (Å²) < 4.78 is 13.4. The van der Waals surface area contributed by atoms with Crippen molar-refractivity contribution in [3.05, 3.63) is 47.5 Å². The van der Waals surface area contributed by atoms with Crippen molar-refractivity contribution >= 4 is 24.7 Å². The van der Waals surface area contributed by atoms with Gasteiger partial charge in [-0.2, -0.15) is 5.26 Å². The highest BCUT2D eigenvalue weighted by atomic mass is 16.7. The van der Waals surface area contributed by atoms with Crippen LogP contribution in [-0.4, -0.2) is 49.0 Å². The van der Waals surface area contributed by atoms with Gasteiger partial charge in [-0.05, 0) is 74.2 Å². The van der Waals surface area contributed by atoms with Gasteiger partial charge in [0.25, 0.3) is 5.91 Å². The molecule has 232 valence electrons. The summed E-state index contributed by atoms with van der Waals surface area (Å²) in [5.74, 6) is 0.297. The van der Waals surface area contributed by atoms with E-state index in [2.05, 4.69) is 43.5 Å². The Bertz CT molecular complexity index is 1240. The molecule has 8 nitrogen and oxygen atoms in total. The van der Waals surface area contributed by atoms with Crippen LogP contribution in [-0.2, 0) is 30.1 Å². The van der Waals surface area contributed by atoms with Crippen LogP contribution in [0.4, 0.5) is 0 Å². The molecule has 43 heavy (non-hydrogen) atoms. The third-order valence-corrected chi connectivity index (χ3v) is 9.99. The lowest BCUT2D eigenvalue weighted by molar-refractivity contribution is -0.199. The molecule has 6 atom stereocenters. The molecule has 2 N–H and O–H groups in total. The molecular formula is C34H48BN3O5. The van der Waals surface area contributed by atoms with Gasteiger partial charge in [-0.25, -0.2) is 0 Å². The van der Waals surface area contributed by atoms with Crippen LogP contribution in [0.1, 0.15) is 85.6 Å². The lowest BCUT2D eigenvalue weighted by Gasteiger charge is -2.64. The molecule has 0 unspecified atom stereocenters. The average molecular weight is 590 g/mol. The number of rotatable bonds is 14. The second kappa shape index (κ2) is 13.8. The maximum absolute atomic E-state index is 13.8. The SMILES string of the molecule is CC(=O)N[C@@H](CCCCNC(=O)C(C#N)=CC(C)C)C(=O)C[C@@H](Cc1ccccc1)B1O[C@@H]2C[C@@H]3C[C@@H](C3(C)C)[C@]2(C)O1. The van der Waals surface area contributed by atoms with E-state index in [9.17, 15) is 19.6 Å². The van der Waals surface area contributed by atoms with Gasteiger partial charge < -0.3 is 19.9 Å². The van der Waals surface area contributed by atoms with E-state index in [4.69, 9.17) is 9.31 Å². The first-order chi connectivity index (χ1) is 20.3. The second-order valence-corrected chi connectivity index (χ2v) is 13.9. The smallest absolute Gasteiger partial charge is 0.405 e. The fourth-order valence-electron chi connectivity index (χ4n) is 7.51. The van der Waals surface area contributed by atoms with Crippen LogP contribution in [0.3, 0.4) is 0 Å². The van der Waals surface area contributed by atoms with Gasteiger partial charge in [-0.1, -0.05) is 64.1 Å².